The number of carbonyl (C=O) groups is 1. The maximum atomic E-state index is 12.0. The number of hydrogen-bond donors (Lipinski definition) is 1. The quantitative estimate of drug-likeness (QED) is 0.604. The molecule has 0 radical (unpaired) electrons. The third-order valence-electron chi connectivity index (χ3n) is 2.35. The van der Waals surface area contributed by atoms with E-state index in [0.717, 1.165) is 4.31 Å². The van der Waals surface area contributed by atoms with Crippen molar-refractivity contribution in [2.75, 3.05) is 12.3 Å². The van der Waals surface area contributed by atoms with E-state index < -0.39 is 15.9 Å². The highest BCUT2D eigenvalue weighted by Gasteiger charge is 2.41. The van der Waals surface area contributed by atoms with Gasteiger partial charge in [0.25, 0.3) is 15.9 Å². The van der Waals surface area contributed by atoms with Gasteiger partial charge in [0.05, 0.1) is 17.8 Å². The molecule has 0 aromatic heterocycles. The molecule has 0 saturated carbocycles. The van der Waals surface area contributed by atoms with Gasteiger partial charge >= 0.3 is 0 Å². The average molecular weight is 238 g/mol. The fourth-order valence-electron chi connectivity index (χ4n) is 1.66. The van der Waals surface area contributed by atoms with Gasteiger partial charge in [-0.3, -0.25) is 4.79 Å². The monoisotopic (exact) mass is 238 g/mol. The summed E-state index contributed by atoms with van der Waals surface area (Å²) in [4.78, 5) is 11.7. The summed E-state index contributed by atoms with van der Waals surface area (Å²) >= 11 is 0. The molecule has 0 atom stereocenters. The zero-order valence-electron chi connectivity index (χ0n) is 8.38. The van der Waals surface area contributed by atoms with Gasteiger partial charge in [-0.15, -0.1) is 6.58 Å². The number of rotatable bonds is 2. The van der Waals surface area contributed by atoms with Crippen LogP contribution in [0.1, 0.15) is 10.4 Å². The molecule has 0 unspecified atom stereocenters. The molecule has 1 heterocycles. The van der Waals surface area contributed by atoms with E-state index in [2.05, 4.69) is 6.58 Å². The molecule has 84 valence electrons. The Morgan fingerprint density at radius 3 is 2.69 bits per heavy atom. The molecule has 0 bridgehead atoms. The maximum absolute atomic E-state index is 12.0. The minimum Gasteiger partial charge on any atom is -0.398 e. The second kappa shape index (κ2) is 3.34. The Morgan fingerprint density at radius 1 is 1.44 bits per heavy atom. The summed E-state index contributed by atoms with van der Waals surface area (Å²) in [5, 5.41) is 0. The zero-order valence-corrected chi connectivity index (χ0v) is 9.20. The minimum atomic E-state index is -3.80. The largest absolute Gasteiger partial charge is 0.398 e. The van der Waals surface area contributed by atoms with Gasteiger partial charge in [0, 0.05) is 0 Å². The first-order valence-corrected chi connectivity index (χ1v) is 6.00. The molecule has 1 aliphatic rings. The molecule has 0 aliphatic carbocycles. The molecule has 16 heavy (non-hydrogen) atoms. The van der Waals surface area contributed by atoms with Crippen molar-refractivity contribution < 1.29 is 13.2 Å². The Morgan fingerprint density at radius 2 is 2.12 bits per heavy atom. The second-order valence-corrected chi connectivity index (χ2v) is 5.15. The summed E-state index contributed by atoms with van der Waals surface area (Å²) < 4.78 is 24.7. The highest BCUT2D eigenvalue weighted by atomic mass is 32.2. The van der Waals surface area contributed by atoms with Crippen LogP contribution in [0.4, 0.5) is 5.69 Å². The molecule has 0 spiro atoms. The molecule has 0 saturated heterocycles. The lowest BCUT2D eigenvalue weighted by atomic mass is 10.2. The van der Waals surface area contributed by atoms with Crippen molar-refractivity contribution in [2.45, 2.75) is 4.90 Å². The Kier molecular flexibility index (Phi) is 2.23. The van der Waals surface area contributed by atoms with Gasteiger partial charge in [-0.1, -0.05) is 12.1 Å². The fraction of sp³-hybridized carbons (Fsp3) is 0.100. The molecule has 1 amide bonds. The summed E-state index contributed by atoms with van der Waals surface area (Å²) in [5.41, 5.74) is 5.81. The normalized spacial score (nSPS) is 17.2. The number of hydrogen-bond acceptors (Lipinski definition) is 4. The predicted molar refractivity (Wildman–Crippen MR) is 59.3 cm³/mol. The Hall–Kier alpha value is -1.82. The van der Waals surface area contributed by atoms with E-state index in [9.17, 15) is 13.2 Å². The van der Waals surface area contributed by atoms with Crippen molar-refractivity contribution >= 4 is 21.6 Å². The number of amides is 1. The Labute approximate surface area is 93.2 Å². The molecule has 2 N–H and O–H groups in total. The van der Waals surface area contributed by atoms with E-state index in [0.29, 0.717) is 0 Å². The van der Waals surface area contributed by atoms with Crippen molar-refractivity contribution in [3.63, 3.8) is 0 Å². The minimum absolute atomic E-state index is 0.0463. The van der Waals surface area contributed by atoms with E-state index in [-0.39, 0.29) is 22.7 Å². The summed E-state index contributed by atoms with van der Waals surface area (Å²) in [6.07, 6.45) is 1.36. The zero-order chi connectivity index (χ0) is 11.9. The Balaban J connectivity index is 2.72. The molecule has 1 aromatic carbocycles. The van der Waals surface area contributed by atoms with E-state index in [1.807, 2.05) is 0 Å². The molecule has 1 aliphatic heterocycles. The molecule has 2 rings (SSSR count). The highest BCUT2D eigenvalue weighted by molar-refractivity contribution is 7.90. The number of nitrogens with two attached hydrogens (primary N) is 1. The summed E-state index contributed by atoms with van der Waals surface area (Å²) in [5.74, 6) is -0.554. The summed E-state index contributed by atoms with van der Waals surface area (Å²) in [7, 11) is -3.80. The van der Waals surface area contributed by atoms with Gasteiger partial charge in [-0.25, -0.2) is 12.7 Å². The van der Waals surface area contributed by atoms with Gasteiger partial charge < -0.3 is 5.73 Å². The number of anilines is 1. The van der Waals surface area contributed by atoms with Gasteiger partial charge in [0.15, 0.2) is 0 Å². The second-order valence-electron chi connectivity index (χ2n) is 3.35. The van der Waals surface area contributed by atoms with Gasteiger partial charge in [0.2, 0.25) is 0 Å². The van der Waals surface area contributed by atoms with E-state index in [1.54, 1.807) is 6.07 Å². The molecular weight excluding hydrogens is 228 g/mol. The first kappa shape index (κ1) is 10.7. The van der Waals surface area contributed by atoms with Gasteiger partial charge in [0.1, 0.15) is 4.90 Å². The van der Waals surface area contributed by atoms with Crippen molar-refractivity contribution in [3.05, 3.63) is 36.4 Å². The van der Waals surface area contributed by atoms with Crippen LogP contribution in [0.25, 0.3) is 0 Å². The van der Waals surface area contributed by atoms with Crippen LogP contribution in [0, 0.1) is 0 Å². The van der Waals surface area contributed by atoms with Crippen LogP contribution < -0.4 is 5.73 Å². The SMILES string of the molecule is C=CCN1C(=O)c2cccc(N)c2S1(=O)=O. The first-order valence-electron chi connectivity index (χ1n) is 4.56. The summed E-state index contributed by atoms with van der Waals surface area (Å²) in [6, 6.07) is 4.47. The van der Waals surface area contributed by atoms with Crippen molar-refractivity contribution in [1.82, 2.24) is 4.31 Å². The number of nitrogens with zero attached hydrogens (tertiary/aromatic N) is 1. The third kappa shape index (κ3) is 1.23. The topological polar surface area (TPSA) is 80.5 Å². The lowest BCUT2D eigenvalue weighted by molar-refractivity contribution is 0.0880. The van der Waals surface area contributed by atoms with Crippen LogP contribution in [0.3, 0.4) is 0 Å². The van der Waals surface area contributed by atoms with Crippen molar-refractivity contribution in [2.24, 2.45) is 0 Å². The van der Waals surface area contributed by atoms with Gasteiger partial charge in [-0.05, 0) is 12.1 Å². The molecular formula is C10H10N2O3S. The van der Waals surface area contributed by atoms with Crippen LogP contribution in [0.5, 0.6) is 0 Å². The Bertz CT molecular complexity index is 578. The lowest BCUT2D eigenvalue weighted by Gasteiger charge is -2.11. The molecule has 5 nitrogen and oxygen atoms in total. The first-order chi connectivity index (χ1) is 7.50. The summed E-state index contributed by atoms with van der Waals surface area (Å²) in [6.45, 7) is 3.37. The van der Waals surface area contributed by atoms with Crippen LogP contribution in [0.2, 0.25) is 0 Å². The average Bonchev–Trinajstić information content (AvgIpc) is 2.41. The maximum Gasteiger partial charge on any atom is 0.269 e. The standard InChI is InChI=1S/C10H10N2O3S/c1-2-6-12-10(13)7-4-3-5-8(11)9(7)16(12,14)15/h2-5H,1,6,11H2. The van der Waals surface area contributed by atoms with Gasteiger partial charge in [-0.2, -0.15) is 0 Å². The van der Waals surface area contributed by atoms with Crippen LogP contribution in [-0.2, 0) is 10.0 Å². The molecule has 6 heteroatoms. The van der Waals surface area contributed by atoms with Crippen molar-refractivity contribution in [1.29, 1.82) is 0 Å². The molecule has 0 fully saturated rings. The number of fused-ring (bicyclic) bond motifs is 1. The van der Waals surface area contributed by atoms with E-state index in [4.69, 9.17) is 5.73 Å². The number of sulfonamides is 1. The van der Waals surface area contributed by atoms with E-state index in [1.165, 1.54) is 18.2 Å². The van der Waals surface area contributed by atoms with Crippen LogP contribution in [0.15, 0.2) is 35.7 Å². The van der Waals surface area contributed by atoms with Crippen LogP contribution >= 0.6 is 0 Å². The third-order valence-corrected chi connectivity index (χ3v) is 4.21. The number of carbonyl (C=O) groups excluding carboxylic acids is 1. The number of nitrogen functional groups attached to an aromatic ring is 1. The lowest BCUT2D eigenvalue weighted by Crippen LogP contribution is -2.30. The molecule has 1 aromatic rings. The predicted octanol–water partition coefficient (Wildman–Crippen LogP) is 0.599. The smallest absolute Gasteiger partial charge is 0.269 e. The van der Waals surface area contributed by atoms with E-state index >= 15 is 0 Å². The van der Waals surface area contributed by atoms with Crippen molar-refractivity contribution in [3.8, 4) is 0 Å². The highest BCUT2D eigenvalue weighted by Crippen LogP contribution is 2.33. The number of benzene rings is 1. The van der Waals surface area contributed by atoms with Crippen LogP contribution in [-0.4, -0.2) is 25.2 Å². The fourth-order valence-corrected chi connectivity index (χ4v) is 3.30.